The van der Waals surface area contributed by atoms with Crippen molar-refractivity contribution in [1.82, 2.24) is 15.5 Å². The second-order valence-electron chi connectivity index (χ2n) is 7.87. The van der Waals surface area contributed by atoms with Gasteiger partial charge in [-0.15, -0.1) is 24.0 Å². The average Bonchev–Trinajstić information content (AvgIpc) is 2.71. The van der Waals surface area contributed by atoms with Crippen LogP contribution >= 0.6 is 39.9 Å². The van der Waals surface area contributed by atoms with Gasteiger partial charge >= 0.3 is 0 Å². The van der Waals surface area contributed by atoms with Gasteiger partial charge in [-0.05, 0) is 48.1 Å². The van der Waals surface area contributed by atoms with Crippen LogP contribution in [0.1, 0.15) is 35.4 Å². The van der Waals surface area contributed by atoms with Gasteiger partial charge in [-0.1, -0.05) is 52.3 Å². The van der Waals surface area contributed by atoms with Gasteiger partial charge in [0, 0.05) is 49.7 Å². The van der Waals surface area contributed by atoms with E-state index in [1.807, 2.05) is 7.05 Å². The predicted molar refractivity (Wildman–Crippen MR) is 135 cm³/mol. The van der Waals surface area contributed by atoms with Crippen molar-refractivity contribution >= 4 is 45.9 Å². The maximum Gasteiger partial charge on any atom is 0.191 e. The number of hydrogen-bond donors (Lipinski definition) is 2. The number of hydrogen-bond acceptors (Lipinski definition) is 2. The number of rotatable bonds is 5. The highest BCUT2D eigenvalue weighted by Gasteiger charge is 2.26. The average molecular weight is 569 g/mol. The molecule has 1 unspecified atom stereocenters. The molecular weight excluding hydrogens is 539 g/mol. The summed E-state index contributed by atoms with van der Waals surface area (Å²) in [5, 5.41) is 7.17. The minimum Gasteiger partial charge on any atom is -0.356 e. The van der Waals surface area contributed by atoms with Crippen LogP contribution in [-0.4, -0.2) is 43.6 Å². The maximum absolute atomic E-state index is 4.44. The van der Waals surface area contributed by atoms with E-state index in [-0.39, 0.29) is 24.0 Å². The van der Waals surface area contributed by atoms with Crippen molar-refractivity contribution in [1.29, 1.82) is 0 Å². The molecule has 2 aromatic carbocycles. The summed E-state index contributed by atoms with van der Waals surface area (Å²) in [4.78, 5) is 6.98. The molecule has 1 saturated heterocycles. The highest BCUT2D eigenvalue weighted by molar-refractivity contribution is 14.0. The lowest BCUT2D eigenvalue weighted by molar-refractivity contribution is 0.198. The molecule has 4 rings (SSSR count). The Morgan fingerprint density at radius 1 is 1.10 bits per heavy atom. The molecule has 4 nitrogen and oxygen atoms in total. The van der Waals surface area contributed by atoms with Crippen LogP contribution in [0.3, 0.4) is 0 Å². The number of fused-ring (bicyclic) bond motifs is 1. The summed E-state index contributed by atoms with van der Waals surface area (Å²) in [6.07, 6.45) is 3.49. The van der Waals surface area contributed by atoms with Gasteiger partial charge in [0.2, 0.25) is 0 Å². The Morgan fingerprint density at radius 2 is 1.83 bits per heavy atom. The molecule has 0 radical (unpaired) electrons. The largest absolute Gasteiger partial charge is 0.356 e. The third kappa shape index (κ3) is 5.95. The summed E-state index contributed by atoms with van der Waals surface area (Å²) < 4.78 is 1.14. The molecule has 1 aliphatic carbocycles. The zero-order chi connectivity index (χ0) is 19.3. The van der Waals surface area contributed by atoms with E-state index in [2.05, 4.69) is 85.0 Å². The first-order valence-corrected chi connectivity index (χ1v) is 11.0. The van der Waals surface area contributed by atoms with E-state index >= 15 is 0 Å². The molecule has 1 aliphatic heterocycles. The Hall–Kier alpha value is -1.12. The van der Waals surface area contributed by atoms with Crippen LogP contribution in [0.4, 0.5) is 0 Å². The zero-order valence-electron chi connectivity index (χ0n) is 16.9. The van der Waals surface area contributed by atoms with Gasteiger partial charge in [-0.25, -0.2) is 0 Å². The van der Waals surface area contributed by atoms with E-state index in [1.165, 1.54) is 23.1 Å². The molecule has 0 spiro atoms. The molecule has 29 heavy (non-hydrogen) atoms. The van der Waals surface area contributed by atoms with Crippen LogP contribution in [0.2, 0.25) is 0 Å². The molecule has 2 N–H and O–H groups in total. The lowest BCUT2D eigenvalue weighted by atomic mass is 9.78. The van der Waals surface area contributed by atoms with Gasteiger partial charge in [0.25, 0.3) is 0 Å². The molecule has 0 saturated carbocycles. The van der Waals surface area contributed by atoms with Gasteiger partial charge in [0.15, 0.2) is 5.96 Å². The summed E-state index contributed by atoms with van der Waals surface area (Å²) in [5.41, 5.74) is 4.37. The molecule has 1 atom stereocenters. The van der Waals surface area contributed by atoms with Crippen molar-refractivity contribution in [3.05, 3.63) is 69.7 Å². The molecule has 156 valence electrons. The number of guanidine groups is 1. The Morgan fingerprint density at radius 3 is 2.52 bits per heavy atom. The van der Waals surface area contributed by atoms with Gasteiger partial charge in [0.1, 0.15) is 0 Å². The van der Waals surface area contributed by atoms with E-state index in [1.54, 1.807) is 0 Å². The smallest absolute Gasteiger partial charge is 0.191 e. The minimum atomic E-state index is 0. The fourth-order valence-corrected chi connectivity index (χ4v) is 4.50. The van der Waals surface area contributed by atoms with Crippen molar-refractivity contribution in [2.24, 2.45) is 4.99 Å². The number of nitrogens with zero attached hydrogens (tertiary/aromatic N) is 2. The quantitative estimate of drug-likeness (QED) is 0.316. The Kier molecular flexibility index (Phi) is 8.38. The second kappa shape index (κ2) is 10.8. The molecule has 2 aromatic rings. The van der Waals surface area contributed by atoms with E-state index in [0.29, 0.717) is 12.0 Å². The third-order valence-electron chi connectivity index (χ3n) is 5.95. The first-order valence-electron chi connectivity index (χ1n) is 10.2. The summed E-state index contributed by atoms with van der Waals surface area (Å²) in [5.74, 6) is 1.55. The predicted octanol–water partition coefficient (Wildman–Crippen LogP) is 4.54. The van der Waals surface area contributed by atoms with E-state index in [4.69, 9.17) is 0 Å². The first-order chi connectivity index (χ1) is 13.7. The Labute approximate surface area is 199 Å². The zero-order valence-corrected chi connectivity index (χ0v) is 20.8. The number of aliphatic imine (C=N–C) groups is 1. The number of piperidine rings is 1. The van der Waals surface area contributed by atoms with Crippen molar-refractivity contribution in [3.63, 3.8) is 0 Å². The highest BCUT2D eigenvalue weighted by Crippen LogP contribution is 2.33. The summed E-state index contributed by atoms with van der Waals surface area (Å²) in [6.45, 7) is 4.24. The molecule has 0 aromatic heterocycles. The highest BCUT2D eigenvalue weighted by atomic mass is 127. The fourth-order valence-electron chi connectivity index (χ4n) is 4.24. The number of nitrogens with one attached hydrogen (secondary N) is 2. The summed E-state index contributed by atoms with van der Waals surface area (Å²) in [7, 11) is 1.87. The molecule has 0 bridgehead atoms. The third-order valence-corrected chi connectivity index (χ3v) is 6.48. The fraction of sp³-hybridized carbons (Fsp3) is 0.435. The van der Waals surface area contributed by atoms with Gasteiger partial charge in [-0.2, -0.15) is 0 Å². The molecular formula is C23H30BrIN4. The topological polar surface area (TPSA) is 39.7 Å². The van der Waals surface area contributed by atoms with Crippen molar-refractivity contribution in [2.45, 2.75) is 37.8 Å². The monoisotopic (exact) mass is 568 g/mol. The standard InChI is InChI=1S/C23H29BrN4.HI/c1-25-23(26-15-19-14-18-4-2-3-5-22(18)19)27-21-10-12-28(13-11-21)16-17-6-8-20(24)9-7-17;/h2-9,19,21H,10-16H2,1H3,(H2,25,26,27);1H. The second-order valence-corrected chi connectivity index (χ2v) is 8.79. The van der Waals surface area contributed by atoms with Crippen LogP contribution in [0.5, 0.6) is 0 Å². The summed E-state index contributed by atoms with van der Waals surface area (Å²) >= 11 is 3.51. The Bertz CT molecular complexity index is 816. The van der Waals surface area contributed by atoms with Gasteiger partial charge in [-0.3, -0.25) is 9.89 Å². The van der Waals surface area contributed by atoms with Crippen molar-refractivity contribution in [2.75, 3.05) is 26.7 Å². The van der Waals surface area contributed by atoms with E-state index in [0.717, 1.165) is 49.5 Å². The number of benzene rings is 2. The lowest BCUT2D eigenvalue weighted by Gasteiger charge is -2.34. The van der Waals surface area contributed by atoms with Crippen LogP contribution < -0.4 is 10.6 Å². The van der Waals surface area contributed by atoms with Crippen molar-refractivity contribution < 1.29 is 0 Å². The number of likely N-dealkylation sites (tertiary alicyclic amines) is 1. The molecule has 6 heteroatoms. The minimum absolute atomic E-state index is 0. The normalized spacial score (nSPS) is 19.7. The van der Waals surface area contributed by atoms with Crippen LogP contribution in [0, 0.1) is 0 Å². The lowest BCUT2D eigenvalue weighted by Crippen LogP contribution is -2.49. The molecule has 1 heterocycles. The van der Waals surface area contributed by atoms with Gasteiger partial charge < -0.3 is 10.6 Å². The van der Waals surface area contributed by atoms with Crippen LogP contribution in [0.15, 0.2) is 58.0 Å². The van der Waals surface area contributed by atoms with Crippen LogP contribution in [0.25, 0.3) is 0 Å². The molecule has 2 aliphatic rings. The van der Waals surface area contributed by atoms with Crippen molar-refractivity contribution in [3.8, 4) is 0 Å². The van der Waals surface area contributed by atoms with E-state index < -0.39 is 0 Å². The maximum atomic E-state index is 4.44. The number of halogens is 2. The van der Waals surface area contributed by atoms with Crippen LogP contribution in [-0.2, 0) is 13.0 Å². The first kappa shape index (κ1) is 22.6. The summed E-state index contributed by atoms with van der Waals surface area (Å²) in [6, 6.07) is 17.9. The SMILES string of the molecule is CN=C(NCC1Cc2ccccc21)NC1CCN(Cc2ccc(Br)cc2)CC1.I. The molecule has 0 amide bonds. The Balaban J connectivity index is 0.00000240. The van der Waals surface area contributed by atoms with Gasteiger partial charge in [0.05, 0.1) is 0 Å². The van der Waals surface area contributed by atoms with E-state index in [9.17, 15) is 0 Å². The molecule has 1 fully saturated rings.